The van der Waals surface area contributed by atoms with E-state index in [-0.39, 0.29) is 17.0 Å². The Morgan fingerprint density at radius 3 is 2.68 bits per heavy atom. The Bertz CT molecular complexity index is 645. The van der Waals surface area contributed by atoms with E-state index in [0.717, 1.165) is 12.1 Å². The normalized spacial score (nSPS) is 10.3. The van der Waals surface area contributed by atoms with Gasteiger partial charge in [-0.25, -0.2) is 0 Å². The lowest BCUT2D eigenvalue weighted by atomic mass is 10.1. The summed E-state index contributed by atoms with van der Waals surface area (Å²) in [7, 11) is 0. The van der Waals surface area contributed by atoms with E-state index in [4.69, 9.17) is 0 Å². The van der Waals surface area contributed by atoms with E-state index >= 15 is 0 Å². The van der Waals surface area contributed by atoms with Gasteiger partial charge in [0.1, 0.15) is 5.75 Å². The molecule has 1 amide bonds. The van der Waals surface area contributed by atoms with Crippen LogP contribution >= 0.6 is 0 Å². The van der Waals surface area contributed by atoms with Crippen molar-refractivity contribution < 1.29 is 18.7 Å². The summed E-state index contributed by atoms with van der Waals surface area (Å²) in [6.45, 7) is 1.56. The van der Waals surface area contributed by atoms with E-state index in [2.05, 4.69) is 10.3 Å². The number of carbonyl (C=O) groups excluding carboxylic acids is 1. The molecule has 0 spiro atoms. The molecule has 0 radical (unpaired) electrons. The van der Waals surface area contributed by atoms with E-state index < -0.39 is 17.8 Å². The number of benzene rings is 1. The zero-order valence-corrected chi connectivity index (χ0v) is 9.95. The summed E-state index contributed by atoms with van der Waals surface area (Å²) >= 11 is 0. The number of nitrogens with one attached hydrogen (secondary N) is 1. The summed E-state index contributed by atoms with van der Waals surface area (Å²) in [6, 6.07) is 6.43. The highest BCUT2D eigenvalue weighted by Crippen LogP contribution is 2.21. The number of phenolic OH excluding ortho intramolecular Hbond substituents is 1. The van der Waals surface area contributed by atoms with Crippen molar-refractivity contribution in [3.8, 4) is 5.75 Å². The van der Waals surface area contributed by atoms with Crippen molar-refractivity contribution in [1.82, 2.24) is 4.98 Å². The first kappa shape index (κ1) is 12.9. The second-order valence-corrected chi connectivity index (χ2v) is 3.88. The van der Waals surface area contributed by atoms with Gasteiger partial charge >= 0.3 is 0 Å². The Morgan fingerprint density at radius 1 is 1.26 bits per heavy atom. The quantitative estimate of drug-likeness (QED) is 0.819. The van der Waals surface area contributed by atoms with Crippen molar-refractivity contribution in [3.05, 3.63) is 53.4 Å². The van der Waals surface area contributed by atoms with Gasteiger partial charge in [-0.05, 0) is 31.2 Å². The maximum absolute atomic E-state index is 13.3. The molecule has 0 aliphatic rings. The molecule has 1 aromatic heterocycles. The Morgan fingerprint density at radius 2 is 2.00 bits per heavy atom. The molecule has 0 bridgehead atoms. The molecule has 0 atom stereocenters. The van der Waals surface area contributed by atoms with Gasteiger partial charge in [0.25, 0.3) is 5.91 Å². The van der Waals surface area contributed by atoms with Gasteiger partial charge in [0.05, 0.1) is 5.69 Å². The Balaban J connectivity index is 2.28. The summed E-state index contributed by atoms with van der Waals surface area (Å²) in [4.78, 5) is 14.9. The summed E-state index contributed by atoms with van der Waals surface area (Å²) in [5.41, 5.74) is 0.341. The summed E-state index contributed by atoms with van der Waals surface area (Å²) in [5, 5.41) is 11.8. The number of halogens is 2. The Hall–Kier alpha value is -2.50. The van der Waals surface area contributed by atoms with Gasteiger partial charge in [-0.2, -0.15) is 13.8 Å². The molecule has 1 aromatic carbocycles. The van der Waals surface area contributed by atoms with Crippen LogP contribution in [0.5, 0.6) is 5.75 Å². The number of amides is 1. The molecule has 6 heteroatoms. The monoisotopic (exact) mass is 264 g/mol. The number of aromatic hydroxyl groups is 1. The molecule has 0 aliphatic heterocycles. The fourth-order valence-electron chi connectivity index (χ4n) is 1.56. The van der Waals surface area contributed by atoms with Gasteiger partial charge in [-0.3, -0.25) is 4.79 Å². The third-order valence-corrected chi connectivity index (χ3v) is 2.61. The standard InChI is InChI=1S/C13H10F2N2O2/c1-7-8(3-2-4-10(7)18)13(19)16-9-5-6-11(14)17-12(9)15/h2-6,18H,1H3,(H,16,19). The molecule has 0 saturated carbocycles. The van der Waals surface area contributed by atoms with Crippen LogP contribution in [0.4, 0.5) is 14.5 Å². The van der Waals surface area contributed by atoms with Crippen molar-refractivity contribution in [3.63, 3.8) is 0 Å². The number of pyridine rings is 1. The highest BCUT2D eigenvalue weighted by Gasteiger charge is 2.14. The van der Waals surface area contributed by atoms with Gasteiger partial charge in [-0.1, -0.05) is 6.07 Å². The van der Waals surface area contributed by atoms with Crippen LogP contribution in [-0.2, 0) is 0 Å². The first-order chi connectivity index (χ1) is 8.99. The minimum atomic E-state index is -1.11. The number of carbonyl (C=O) groups is 1. The SMILES string of the molecule is Cc1c(O)cccc1C(=O)Nc1ccc(F)nc1F. The molecule has 0 saturated heterocycles. The predicted molar refractivity (Wildman–Crippen MR) is 65.0 cm³/mol. The number of hydrogen-bond donors (Lipinski definition) is 2. The number of nitrogens with zero attached hydrogens (tertiary/aromatic N) is 1. The molecule has 0 unspecified atom stereocenters. The zero-order chi connectivity index (χ0) is 14.0. The van der Waals surface area contributed by atoms with E-state index in [1.807, 2.05) is 0 Å². The van der Waals surface area contributed by atoms with Crippen molar-refractivity contribution in [1.29, 1.82) is 0 Å². The van der Waals surface area contributed by atoms with Crippen molar-refractivity contribution in [2.45, 2.75) is 6.92 Å². The first-order valence-electron chi connectivity index (χ1n) is 5.41. The maximum atomic E-state index is 13.3. The van der Waals surface area contributed by atoms with Crippen LogP contribution in [0.3, 0.4) is 0 Å². The molecule has 0 aliphatic carbocycles. The summed E-state index contributed by atoms with van der Waals surface area (Å²) in [5.74, 6) is -2.72. The Labute approximate surface area is 107 Å². The summed E-state index contributed by atoms with van der Waals surface area (Å²) < 4.78 is 25.9. The lowest BCUT2D eigenvalue weighted by Crippen LogP contribution is -2.15. The average molecular weight is 264 g/mol. The molecule has 0 fully saturated rings. The third kappa shape index (κ3) is 2.67. The topological polar surface area (TPSA) is 62.2 Å². The highest BCUT2D eigenvalue weighted by atomic mass is 19.1. The number of aromatic nitrogens is 1. The maximum Gasteiger partial charge on any atom is 0.256 e. The van der Waals surface area contributed by atoms with Crippen LogP contribution in [0, 0.1) is 18.8 Å². The van der Waals surface area contributed by atoms with E-state index in [1.165, 1.54) is 18.2 Å². The van der Waals surface area contributed by atoms with Gasteiger partial charge in [-0.15, -0.1) is 0 Å². The van der Waals surface area contributed by atoms with Crippen molar-refractivity contribution in [2.75, 3.05) is 5.32 Å². The van der Waals surface area contributed by atoms with Crippen LogP contribution in [0.25, 0.3) is 0 Å². The minimum absolute atomic E-state index is 0.0367. The lowest BCUT2D eigenvalue weighted by Gasteiger charge is -2.09. The molecule has 98 valence electrons. The van der Waals surface area contributed by atoms with Crippen LogP contribution < -0.4 is 5.32 Å². The third-order valence-electron chi connectivity index (χ3n) is 2.61. The van der Waals surface area contributed by atoms with E-state index in [0.29, 0.717) is 5.56 Å². The van der Waals surface area contributed by atoms with Gasteiger partial charge in [0.2, 0.25) is 11.9 Å². The lowest BCUT2D eigenvalue weighted by molar-refractivity contribution is 0.102. The van der Waals surface area contributed by atoms with E-state index in [9.17, 15) is 18.7 Å². The average Bonchev–Trinajstić information content (AvgIpc) is 2.36. The second-order valence-electron chi connectivity index (χ2n) is 3.88. The van der Waals surface area contributed by atoms with Crippen LogP contribution in [-0.4, -0.2) is 16.0 Å². The molecule has 2 N–H and O–H groups in total. The molecule has 4 nitrogen and oxygen atoms in total. The Kier molecular flexibility index (Phi) is 3.41. The number of phenols is 1. The number of rotatable bonds is 2. The largest absolute Gasteiger partial charge is 0.508 e. The molecule has 19 heavy (non-hydrogen) atoms. The smallest absolute Gasteiger partial charge is 0.256 e. The van der Waals surface area contributed by atoms with Crippen LogP contribution in [0.15, 0.2) is 30.3 Å². The van der Waals surface area contributed by atoms with Crippen molar-refractivity contribution in [2.24, 2.45) is 0 Å². The fraction of sp³-hybridized carbons (Fsp3) is 0.0769. The number of anilines is 1. The molecular formula is C13H10F2N2O2. The zero-order valence-electron chi connectivity index (χ0n) is 9.95. The fourth-order valence-corrected chi connectivity index (χ4v) is 1.56. The van der Waals surface area contributed by atoms with Crippen LogP contribution in [0.1, 0.15) is 15.9 Å². The highest BCUT2D eigenvalue weighted by molar-refractivity contribution is 6.05. The van der Waals surface area contributed by atoms with Gasteiger partial charge in [0, 0.05) is 11.1 Å². The van der Waals surface area contributed by atoms with E-state index in [1.54, 1.807) is 6.92 Å². The predicted octanol–water partition coefficient (Wildman–Crippen LogP) is 2.63. The summed E-state index contributed by atoms with van der Waals surface area (Å²) in [6.07, 6.45) is 0. The van der Waals surface area contributed by atoms with Gasteiger partial charge in [0.15, 0.2) is 0 Å². The minimum Gasteiger partial charge on any atom is -0.508 e. The number of hydrogen-bond acceptors (Lipinski definition) is 3. The molecule has 2 rings (SSSR count). The molecular weight excluding hydrogens is 254 g/mol. The van der Waals surface area contributed by atoms with Crippen molar-refractivity contribution >= 4 is 11.6 Å². The second kappa shape index (κ2) is 5.01. The molecule has 1 heterocycles. The van der Waals surface area contributed by atoms with Gasteiger partial charge < -0.3 is 10.4 Å². The first-order valence-corrected chi connectivity index (χ1v) is 5.41. The van der Waals surface area contributed by atoms with Crippen LogP contribution in [0.2, 0.25) is 0 Å². The molecule has 2 aromatic rings.